The molecular formula is C11H13FO3. The van der Waals surface area contributed by atoms with E-state index in [0.717, 1.165) is 0 Å². The van der Waals surface area contributed by atoms with Crippen LogP contribution in [0.4, 0.5) is 4.39 Å². The van der Waals surface area contributed by atoms with Crippen molar-refractivity contribution < 1.29 is 19.0 Å². The molecule has 1 rings (SSSR count). The van der Waals surface area contributed by atoms with Gasteiger partial charge in [-0.1, -0.05) is 0 Å². The zero-order valence-corrected chi connectivity index (χ0v) is 8.44. The van der Waals surface area contributed by atoms with Gasteiger partial charge in [-0.2, -0.15) is 0 Å². The van der Waals surface area contributed by atoms with Crippen molar-refractivity contribution in [3.63, 3.8) is 0 Å². The van der Waals surface area contributed by atoms with Gasteiger partial charge in [0.1, 0.15) is 11.6 Å². The lowest BCUT2D eigenvalue weighted by Gasteiger charge is -2.13. The van der Waals surface area contributed by atoms with Crippen LogP contribution in [0.25, 0.3) is 0 Å². The molecule has 0 aromatic heterocycles. The number of ether oxygens (including phenoxy) is 1. The van der Waals surface area contributed by atoms with Crippen LogP contribution in [0.15, 0.2) is 24.3 Å². The number of rotatable bonds is 5. The van der Waals surface area contributed by atoms with E-state index in [4.69, 9.17) is 9.84 Å². The van der Waals surface area contributed by atoms with Gasteiger partial charge in [0.05, 0.1) is 6.10 Å². The summed E-state index contributed by atoms with van der Waals surface area (Å²) in [6, 6.07) is 5.65. The molecule has 0 heterocycles. The van der Waals surface area contributed by atoms with Gasteiger partial charge in [0, 0.05) is 6.42 Å². The molecule has 1 aromatic carbocycles. The van der Waals surface area contributed by atoms with Crippen molar-refractivity contribution >= 4 is 5.97 Å². The van der Waals surface area contributed by atoms with Gasteiger partial charge in [-0.3, -0.25) is 4.79 Å². The molecule has 1 N–H and O–H groups in total. The molecule has 82 valence electrons. The fourth-order valence-corrected chi connectivity index (χ4v) is 1.13. The van der Waals surface area contributed by atoms with Crippen molar-refractivity contribution in [2.75, 3.05) is 0 Å². The summed E-state index contributed by atoms with van der Waals surface area (Å²) in [5.41, 5.74) is 0. The molecule has 0 saturated heterocycles. The van der Waals surface area contributed by atoms with Crippen molar-refractivity contribution in [2.24, 2.45) is 0 Å². The van der Waals surface area contributed by atoms with E-state index in [2.05, 4.69) is 0 Å². The highest BCUT2D eigenvalue weighted by Gasteiger charge is 2.06. The molecule has 0 aliphatic rings. The molecular weight excluding hydrogens is 199 g/mol. The van der Waals surface area contributed by atoms with Crippen LogP contribution >= 0.6 is 0 Å². The minimum absolute atomic E-state index is 0.0718. The summed E-state index contributed by atoms with van der Waals surface area (Å²) < 4.78 is 17.9. The molecule has 3 nitrogen and oxygen atoms in total. The van der Waals surface area contributed by atoms with Crippen LogP contribution in [0.1, 0.15) is 19.8 Å². The van der Waals surface area contributed by atoms with Crippen LogP contribution in [0.2, 0.25) is 0 Å². The highest BCUT2D eigenvalue weighted by Crippen LogP contribution is 2.14. The Morgan fingerprint density at radius 1 is 1.47 bits per heavy atom. The van der Waals surface area contributed by atoms with E-state index in [-0.39, 0.29) is 18.3 Å². The minimum atomic E-state index is -0.843. The summed E-state index contributed by atoms with van der Waals surface area (Å²) in [5, 5.41) is 8.46. The quantitative estimate of drug-likeness (QED) is 0.815. The van der Waals surface area contributed by atoms with Gasteiger partial charge in [-0.05, 0) is 37.6 Å². The fraction of sp³-hybridized carbons (Fsp3) is 0.364. The average molecular weight is 212 g/mol. The van der Waals surface area contributed by atoms with E-state index in [0.29, 0.717) is 12.2 Å². The monoisotopic (exact) mass is 212 g/mol. The molecule has 1 atom stereocenters. The molecule has 0 bridgehead atoms. The lowest BCUT2D eigenvalue weighted by atomic mass is 10.2. The smallest absolute Gasteiger partial charge is 0.303 e. The molecule has 0 radical (unpaired) electrons. The minimum Gasteiger partial charge on any atom is -0.491 e. The first-order chi connectivity index (χ1) is 7.08. The number of carboxylic acid groups (broad SMARTS) is 1. The molecule has 0 aliphatic carbocycles. The predicted octanol–water partition coefficient (Wildman–Crippen LogP) is 2.46. The van der Waals surface area contributed by atoms with E-state index in [1.807, 2.05) is 0 Å². The summed E-state index contributed by atoms with van der Waals surface area (Å²) in [6.07, 6.45) is 0.321. The molecule has 0 aliphatic heterocycles. The standard InChI is InChI=1S/C11H13FO3/c1-8(2-7-11(13)14)15-10-5-3-9(12)4-6-10/h3-6,8H,2,7H2,1H3,(H,13,14). The van der Waals surface area contributed by atoms with Crippen molar-refractivity contribution in [1.82, 2.24) is 0 Å². The Morgan fingerprint density at radius 2 is 2.07 bits per heavy atom. The van der Waals surface area contributed by atoms with E-state index in [1.54, 1.807) is 6.92 Å². The third-order valence-electron chi connectivity index (χ3n) is 1.92. The van der Waals surface area contributed by atoms with Gasteiger partial charge in [-0.25, -0.2) is 4.39 Å². The first-order valence-corrected chi connectivity index (χ1v) is 4.72. The van der Waals surface area contributed by atoms with Crippen molar-refractivity contribution in [3.05, 3.63) is 30.1 Å². The van der Waals surface area contributed by atoms with Crippen LogP contribution in [-0.4, -0.2) is 17.2 Å². The second kappa shape index (κ2) is 5.34. The maximum atomic E-state index is 12.5. The maximum absolute atomic E-state index is 12.5. The third kappa shape index (κ3) is 4.44. The van der Waals surface area contributed by atoms with Crippen molar-refractivity contribution in [1.29, 1.82) is 0 Å². The number of carbonyl (C=O) groups is 1. The summed E-state index contributed by atoms with van der Waals surface area (Å²) >= 11 is 0. The van der Waals surface area contributed by atoms with Crippen LogP contribution in [0.3, 0.4) is 0 Å². The van der Waals surface area contributed by atoms with Crippen LogP contribution in [-0.2, 0) is 4.79 Å². The van der Waals surface area contributed by atoms with Gasteiger partial charge >= 0.3 is 5.97 Å². The molecule has 1 unspecified atom stereocenters. The summed E-state index contributed by atoms with van der Waals surface area (Å²) in [4.78, 5) is 10.3. The molecule has 1 aromatic rings. The fourth-order valence-electron chi connectivity index (χ4n) is 1.13. The van der Waals surface area contributed by atoms with Gasteiger partial charge in [-0.15, -0.1) is 0 Å². The molecule has 4 heteroatoms. The Morgan fingerprint density at radius 3 is 2.60 bits per heavy atom. The molecule has 0 spiro atoms. The lowest BCUT2D eigenvalue weighted by molar-refractivity contribution is -0.137. The zero-order chi connectivity index (χ0) is 11.3. The SMILES string of the molecule is CC(CCC(=O)O)Oc1ccc(F)cc1. The highest BCUT2D eigenvalue weighted by atomic mass is 19.1. The number of hydrogen-bond acceptors (Lipinski definition) is 2. The Hall–Kier alpha value is -1.58. The molecule has 15 heavy (non-hydrogen) atoms. The second-order valence-electron chi connectivity index (χ2n) is 3.31. The number of carboxylic acids is 1. The number of benzene rings is 1. The summed E-state index contributed by atoms with van der Waals surface area (Å²) in [7, 11) is 0. The van der Waals surface area contributed by atoms with Gasteiger partial charge in [0.15, 0.2) is 0 Å². The molecule has 0 saturated carbocycles. The summed E-state index contributed by atoms with van der Waals surface area (Å²) in [5.74, 6) is -0.612. The zero-order valence-electron chi connectivity index (χ0n) is 8.44. The largest absolute Gasteiger partial charge is 0.491 e. The lowest BCUT2D eigenvalue weighted by Crippen LogP contribution is -2.13. The topological polar surface area (TPSA) is 46.5 Å². The highest BCUT2D eigenvalue weighted by molar-refractivity contribution is 5.66. The Bertz CT molecular complexity index is 321. The second-order valence-corrected chi connectivity index (χ2v) is 3.31. The number of halogens is 1. The van der Waals surface area contributed by atoms with Crippen LogP contribution in [0.5, 0.6) is 5.75 Å². The van der Waals surface area contributed by atoms with Crippen molar-refractivity contribution in [3.8, 4) is 5.75 Å². The van der Waals surface area contributed by atoms with Gasteiger partial charge in [0.2, 0.25) is 0 Å². The van der Waals surface area contributed by atoms with Crippen LogP contribution in [0, 0.1) is 5.82 Å². The van der Waals surface area contributed by atoms with Gasteiger partial charge < -0.3 is 9.84 Å². The van der Waals surface area contributed by atoms with Crippen LogP contribution < -0.4 is 4.74 Å². The normalized spacial score (nSPS) is 12.1. The van der Waals surface area contributed by atoms with E-state index in [9.17, 15) is 9.18 Å². The molecule has 0 amide bonds. The number of hydrogen-bond donors (Lipinski definition) is 1. The van der Waals surface area contributed by atoms with E-state index < -0.39 is 5.97 Å². The predicted molar refractivity (Wildman–Crippen MR) is 53.4 cm³/mol. The Balaban J connectivity index is 2.40. The van der Waals surface area contributed by atoms with E-state index in [1.165, 1.54) is 24.3 Å². The van der Waals surface area contributed by atoms with Crippen molar-refractivity contribution in [2.45, 2.75) is 25.9 Å². The summed E-state index contributed by atoms with van der Waals surface area (Å²) in [6.45, 7) is 1.78. The van der Waals surface area contributed by atoms with E-state index >= 15 is 0 Å². The third-order valence-corrected chi connectivity index (χ3v) is 1.92. The maximum Gasteiger partial charge on any atom is 0.303 e. The molecule has 0 fully saturated rings. The first kappa shape index (κ1) is 11.5. The van der Waals surface area contributed by atoms with Gasteiger partial charge in [0.25, 0.3) is 0 Å². The average Bonchev–Trinajstić information content (AvgIpc) is 2.19. The first-order valence-electron chi connectivity index (χ1n) is 4.72. The number of aliphatic carboxylic acids is 1. The Labute approximate surface area is 87.5 Å². The Kier molecular flexibility index (Phi) is 4.09.